The largest absolute Gasteiger partial charge is 0.456 e. The molecule has 0 radical (unpaired) electrons. The van der Waals surface area contributed by atoms with E-state index in [2.05, 4.69) is 10.2 Å². The summed E-state index contributed by atoms with van der Waals surface area (Å²) in [6.07, 6.45) is 0. The average molecular weight is 224 g/mol. The quantitative estimate of drug-likeness (QED) is 0.744. The molecule has 0 N–H and O–H groups in total. The molecule has 6 heteroatoms. The molecular formula is C9H8N2O3S. The van der Waals surface area contributed by atoms with Crippen molar-refractivity contribution in [2.45, 2.75) is 13.5 Å². The topological polar surface area (TPSA) is 65.2 Å². The van der Waals surface area contributed by atoms with Gasteiger partial charge in [-0.15, -0.1) is 21.5 Å². The van der Waals surface area contributed by atoms with E-state index in [9.17, 15) is 4.79 Å². The molecule has 0 bridgehead atoms. The van der Waals surface area contributed by atoms with Gasteiger partial charge in [0.15, 0.2) is 6.61 Å². The zero-order chi connectivity index (χ0) is 10.7. The molecule has 0 saturated heterocycles. The van der Waals surface area contributed by atoms with Gasteiger partial charge in [0, 0.05) is 6.92 Å². The lowest BCUT2D eigenvalue weighted by Crippen LogP contribution is -1.98. The smallest absolute Gasteiger partial charge is 0.303 e. The maximum absolute atomic E-state index is 10.5. The number of thiophene rings is 1. The summed E-state index contributed by atoms with van der Waals surface area (Å²) in [4.78, 5) is 11.4. The van der Waals surface area contributed by atoms with E-state index in [4.69, 9.17) is 9.15 Å². The van der Waals surface area contributed by atoms with Crippen molar-refractivity contribution in [1.29, 1.82) is 0 Å². The van der Waals surface area contributed by atoms with Crippen LogP contribution in [0.3, 0.4) is 0 Å². The minimum Gasteiger partial charge on any atom is -0.456 e. The Morgan fingerprint density at radius 3 is 3.13 bits per heavy atom. The van der Waals surface area contributed by atoms with Crippen molar-refractivity contribution >= 4 is 17.3 Å². The van der Waals surface area contributed by atoms with E-state index in [0.717, 1.165) is 4.88 Å². The molecule has 2 heterocycles. The monoisotopic (exact) mass is 224 g/mol. The van der Waals surface area contributed by atoms with Crippen LogP contribution in [0.25, 0.3) is 10.8 Å². The van der Waals surface area contributed by atoms with Crippen LogP contribution < -0.4 is 0 Å². The molecule has 78 valence electrons. The van der Waals surface area contributed by atoms with E-state index in [1.54, 1.807) is 0 Å². The van der Waals surface area contributed by atoms with Crippen LogP contribution in [0.5, 0.6) is 0 Å². The summed E-state index contributed by atoms with van der Waals surface area (Å²) >= 11 is 1.51. The third-order valence-corrected chi connectivity index (χ3v) is 2.46. The van der Waals surface area contributed by atoms with Gasteiger partial charge in [-0.3, -0.25) is 4.79 Å². The molecular weight excluding hydrogens is 216 g/mol. The molecule has 0 aliphatic heterocycles. The fourth-order valence-corrected chi connectivity index (χ4v) is 1.62. The average Bonchev–Trinajstić information content (AvgIpc) is 2.85. The number of nitrogens with zero attached hydrogens (tertiary/aromatic N) is 2. The van der Waals surface area contributed by atoms with Crippen LogP contribution in [-0.2, 0) is 16.1 Å². The number of ether oxygens (including phenoxy) is 1. The minimum absolute atomic E-state index is 0.0215. The third-order valence-electron chi connectivity index (χ3n) is 1.60. The predicted octanol–water partition coefficient (Wildman–Crippen LogP) is 1.86. The first kappa shape index (κ1) is 9.85. The second kappa shape index (κ2) is 4.22. The first-order valence-corrected chi connectivity index (χ1v) is 5.13. The molecule has 0 spiro atoms. The van der Waals surface area contributed by atoms with Crippen molar-refractivity contribution in [3.8, 4) is 10.8 Å². The van der Waals surface area contributed by atoms with E-state index in [1.165, 1.54) is 18.3 Å². The number of carbonyl (C=O) groups is 1. The fraction of sp³-hybridized carbons (Fsp3) is 0.222. The summed E-state index contributed by atoms with van der Waals surface area (Å²) in [6, 6.07) is 3.78. The lowest BCUT2D eigenvalue weighted by atomic mass is 10.5. The zero-order valence-corrected chi connectivity index (χ0v) is 8.78. The number of aromatic nitrogens is 2. The Hall–Kier alpha value is -1.69. The van der Waals surface area contributed by atoms with Gasteiger partial charge in [-0.25, -0.2) is 0 Å². The number of esters is 1. The molecule has 2 aromatic heterocycles. The number of carbonyl (C=O) groups excluding carboxylic acids is 1. The predicted molar refractivity (Wildman–Crippen MR) is 53.1 cm³/mol. The Labute approximate surface area is 89.7 Å². The zero-order valence-electron chi connectivity index (χ0n) is 7.97. The van der Waals surface area contributed by atoms with Gasteiger partial charge in [0.05, 0.1) is 4.88 Å². The Morgan fingerprint density at radius 1 is 1.60 bits per heavy atom. The summed E-state index contributed by atoms with van der Waals surface area (Å²) in [5.74, 6) is 0.381. The molecule has 0 aromatic carbocycles. The van der Waals surface area contributed by atoms with Crippen molar-refractivity contribution in [3.05, 3.63) is 23.4 Å². The highest BCUT2D eigenvalue weighted by atomic mass is 32.1. The van der Waals surface area contributed by atoms with Gasteiger partial charge in [0.2, 0.25) is 0 Å². The van der Waals surface area contributed by atoms with Crippen molar-refractivity contribution in [3.63, 3.8) is 0 Å². The van der Waals surface area contributed by atoms with E-state index in [1.807, 2.05) is 17.5 Å². The molecule has 0 amide bonds. The Bertz CT molecular complexity index is 450. The van der Waals surface area contributed by atoms with Crippen LogP contribution in [-0.4, -0.2) is 16.2 Å². The molecule has 0 saturated carbocycles. The Kier molecular flexibility index (Phi) is 2.77. The summed E-state index contributed by atoms with van der Waals surface area (Å²) in [5, 5.41) is 9.52. The van der Waals surface area contributed by atoms with Crippen molar-refractivity contribution < 1.29 is 13.9 Å². The van der Waals surface area contributed by atoms with Crippen LogP contribution in [0.2, 0.25) is 0 Å². The molecule has 0 aliphatic rings. The molecule has 0 atom stereocenters. The van der Waals surface area contributed by atoms with E-state index < -0.39 is 0 Å². The van der Waals surface area contributed by atoms with Gasteiger partial charge in [-0.1, -0.05) is 6.07 Å². The summed E-state index contributed by atoms with van der Waals surface area (Å²) in [6.45, 7) is 1.35. The fourth-order valence-electron chi connectivity index (χ4n) is 0.975. The van der Waals surface area contributed by atoms with Crippen molar-refractivity contribution in [1.82, 2.24) is 10.2 Å². The second-order valence-corrected chi connectivity index (χ2v) is 3.71. The highest BCUT2D eigenvalue weighted by molar-refractivity contribution is 7.13. The standard InChI is InChI=1S/C9H8N2O3S/c1-6(12)13-5-8-10-11-9(14-8)7-3-2-4-15-7/h2-4H,5H2,1H3. The highest BCUT2D eigenvalue weighted by Gasteiger charge is 2.09. The minimum atomic E-state index is -0.370. The second-order valence-electron chi connectivity index (χ2n) is 2.76. The Morgan fingerprint density at radius 2 is 2.47 bits per heavy atom. The van der Waals surface area contributed by atoms with Gasteiger partial charge >= 0.3 is 5.97 Å². The van der Waals surface area contributed by atoms with Crippen molar-refractivity contribution in [2.24, 2.45) is 0 Å². The molecule has 2 rings (SSSR count). The van der Waals surface area contributed by atoms with Gasteiger partial charge < -0.3 is 9.15 Å². The molecule has 2 aromatic rings. The molecule has 5 nitrogen and oxygen atoms in total. The first-order chi connectivity index (χ1) is 7.25. The number of hydrogen-bond donors (Lipinski definition) is 0. The highest BCUT2D eigenvalue weighted by Crippen LogP contribution is 2.22. The molecule has 0 fully saturated rings. The number of rotatable bonds is 3. The van der Waals surface area contributed by atoms with E-state index >= 15 is 0 Å². The van der Waals surface area contributed by atoms with Gasteiger partial charge in [-0.2, -0.15) is 0 Å². The lowest BCUT2D eigenvalue weighted by Gasteiger charge is -1.94. The normalized spacial score (nSPS) is 10.2. The summed E-state index contributed by atoms with van der Waals surface area (Å²) < 4.78 is 10.0. The third kappa shape index (κ3) is 2.41. The maximum Gasteiger partial charge on any atom is 0.303 e. The number of hydrogen-bond acceptors (Lipinski definition) is 6. The van der Waals surface area contributed by atoms with Crippen LogP contribution in [0.1, 0.15) is 12.8 Å². The summed E-state index contributed by atoms with van der Waals surface area (Å²) in [7, 11) is 0. The van der Waals surface area contributed by atoms with Crippen LogP contribution in [0.4, 0.5) is 0 Å². The molecule has 0 aliphatic carbocycles. The maximum atomic E-state index is 10.5. The SMILES string of the molecule is CC(=O)OCc1nnc(-c2cccs2)o1. The Balaban J connectivity index is 2.08. The van der Waals surface area contributed by atoms with Gasteiger partial charge in [-0.05, 0) is 11.4 Å². The van der Waals surface area contributed by atoms with Crippen LogP contribution >= 0.6 is 11.3 Å². The lowest BCUT2D eigenvalue weighted by molar-refractivity contribution is -0.142. The summed E-state index contributed by atoms with van der Waals surface area (Å²) in [5.41, 5.74) is 0. The van der Waals surface area contributed by atoms with Crippen molar-refractivity contribution in [2.75, 3.05) is 0 Å². The van der Waals surface area contributed by atoms with E-state index in [0.29, 0.717) is 11.8 Å². The molecule has 0 unspecified atom stereocenters. The first-order valence-electron chi connectivity index (χ1n) is 4.25. The van der Waals surface area contributed by atoms with Gasteiger partial charge in [0.25, 0.3) is 11.8 Å². The molecule has 15 heavy (non-hydrogen) atoms. The van der Waals surface area contributed by atoms with Crippen LogP contribution in [0.15, 0.2) is 21.9 Å². The van der Waals surface area contributed by atoms with Gasteiger partial charge in [0.1, 0.15) is 0 Å². The van der Waals surface area contributed by atoms with E-state index in [-0.39, 0.29) is 12.6 Å². The van der Waals surface area contributed by atoms with Crippen LogP contribution in [0, 0.1) is 0 Å².